The van der Waals surface area contributed by atoms with Gasteiger partial charge in [-0.25, -0.2) is 8.78 Å². The maximum absolute atomic E-state index is 12.6. The van der Waals surface area contributed by atoms with Gasteiger partial charge in [0.25, 0.3) is 0 Å². The van der Waals surface area contributed by atoms with Crippen molar-refractivity contribution in [3.05, 3.63) is 28.2 Å². The molecule has 0 radical (unpaired) electrons. The van der Waals surface area contributed by atoms with Crippen LogP contribution in [0.15, 0.2) is 16.6 Å². The Balaban J connectivity index is 0.00000169. The normalized spacial score (nSPS) is 11.0. The summed E-state index contributed by atoms with van der Waals surface area (Å²) in [5.41, 5.74) is -1.28. The van der Waals surface area contributed by atoms with Gasteiger partial charge in [0.1, 0.15) is 11.6 Å². The Morgan fingerprint density at radius 2 is 1.36 bits per heavy atom. The molecule has 72 valence electrons. The first-order valence-electron chi connectivity index (χ1n) is 3.16. The van der Waals surface area contributed by atoms with Gasteiger partial charge in [-0.1, -0.05) is 12.1 Å². The summed E-state index contributed by atoms with van der Waals surface area (Å²) < 4.78 is 60.6. The molecule has 0 N–H and O–H groups in total. The average molecular weight is 299 g/mol. The van der Waals surface area contributed by atoms with E-state index in [9.17, 15) is 21.7 Å². The maximum Gasteiger partial charge on any atom is 1.00 e. The number of hydrogen-bond donors (Lipinski definition) is 0. The van der Waals surface area contributed by atoms with Gasteiger partial charge in [0.05, 0.1) is 4.47 Å². The first-order chi connectivity index (χ1) is 5.82. The molecule has 0 aliphatic rings. The van der Waals surface area contributed by atoms with Gasteiger partial charge in [0.2, 0.25) is 0 Å². The number of benzene rings is 1. The van der Waals surface area contributed by atoms with E-state index in [1.54, 1.807) is 0 Å². The van der Waals surface area contributed by atoms with Crippen molar-refractivity contribution >= 4 is 28.4 Å². The van der Waals surface area contributed by atoms with Crippen molar-refractivity contribution in [1.82, 2.24) is 0 Å². The molecule has 14 heavy (non-hydrogen) atoms. The summed E-state index contributed by atoms with van der Waals surface area (Å²) in [5, 5.41) is 0. The Morgan fingerprint density at radius 3 is 1.64 bits per heavy atom. The molecule has 0 spiro atoms. The average Bonchev–Trinajstić information content (AvgIpc) is 1.97. The zero-order chi connectivity index (χ0) is 10.2. The van der Waals surface area contributed by atoms with Gasteiger partial charge >= 0.3 is 58.4 Å². The molecule has 0 nitrogen and oxygen atoms in total. The minimum Gasteiger partial charge on any atom is -0.445 e. The van der Waals surface area contributed by atoms with Crippen LogP contribution in [0.2, 0.25) is 0 Å². The Bertz CT molecular complexity index is 316. The van der Waals surface area contributed by atoms with Crippen LogP contribution in [0.3, 0.4) is 0 Å². The van der Waals surface area contributed by atoms with Crippen molar-refractivity contribution in [3.63, 3.8) is 0 Å². The second kappa shape index (κ2) is 5.40. The molecule has 0 unspecified atom stereocenters. The SMILES string of the molecule is Fc1cc([B-](F)(F)F)cc(F)c1Br.[K+]. The third-order valence-corrected chi connectivity index (χ3v) is 2.14. The second-order valence-corrected chi connectivity index (χ2v) is 3.17. The molecule has 0 saturated carbocycles. The summed E-state index contributed by atoms with van der Waals surface area (Å²) >= 11 is 2.47. The molecule has 1 rings (SSSR count). The van der Waals surface area contributed by atoms with Crippen LogP contribution in [0.25, 0.3) is 0 Å². The molecular formula is C6H2BBrF5K. The zero-order valence-electron chi connectivity index (χ0n) is 7.00. The summed E-state index contributed by atoms with van der Waals surface area (Å²) in [6.45, 7) is -5.36. The first kappa shape index (κ1) is 15.1. The van der Waals surface area contributed by atoms with E-state index >= 15 is 0 Å². The minimum atomic E-state index is -5.36. The molecule has 0 aliphatic heterocycles. The number of halogens is 6. The van der Waals surface area contributed by atoms with Crippen LogP contribution in [-0.4, -0.2) is 6.98 Å². The van der Waals surface area contributed by atoms with Gasteiger partial charge in [-0.15, -0.1) is 5.46 Å². The fourth-order valence-corrected chi connectivity index (χ4v) is 0.993. The molecule has 0 aromatic heterocycles. The molecule has 0 bridgehead atoms. The van der Waals surface area contributed by atoms with Gasteiger partial charge in [0.15, 0.2) is 0 Å². The number of rotatable bonds is 1. The van der Waals surface area contributed by atoms with Crippen molar-refractivity contribution < 1.29 is 73.1 Å². The van der Waals surface area contributed by atoms with E-state index in [0.29, 0.717) is 0 Å². The molecular weight excluding hydrogens is 297 g/mol. The van der Waals surface area contributed by atoms with E-state index in [1.165, 1.54) is 0 Å². The van der Waals surface area contributed by atoms with E-state index in [0.717, 1.165) is 0 Å². The number of hydrogen-bond acceptors (Lipinski definition) is 0. The molecule has 0 aliphatic carbocycles. The summed E-state index contributed by atoms with van der Waals surface area (Å²) in [5.74, 6) is -2.51. The quantitative estimate of drug-likeness (QED) is 0.382. The Hall–Kier alpha value is 1.05. The molecule has 0 atom stereocenters. The van der Waals surface area contributed by atoms with Crippen LogP contribution < -0.4 is 56.8 Å². The van der Waals surface area contributed by atoms with Gasteiger partial charge in [-0.3, -0.25) is 0 Å². The van der Waals surface area contributed by atoms with Crippen LogP contribution >= 0.6 is 15.9 Å². The summed E-state index contributed by atoms with van der Waals surface area (Å²) in [7, 11) is 0. The largest absolute Gasteiger partial charge is 1.00 e. The van der Waals surface area contributed by atoms with Gasteiger partial charge < -0.3 is 12.9 Å². The predicted octanol–water partition coefficient (Wildman–Crippen LogP) is -0.214. The summed E-state index contributed by atoms with van der Waals surface area (Å²) in [6.07, 6.45) is 0. The Morgan fingerprint density at radius 1 is 1.00 bits per heavy atom. The van der Waals surface area contributed by atoms with Gasteiger partial charge in [0, 0.05) is 0 Å². The zero-order valence-corrected chi connectivity index (χ0v) is 11.7. The van der Waals surface area contributed by atoms with E-state index < -0.39 is 28.5 Å². The van der Waals surface area contributed by atoms with Gasteiger partial charge in [-0.2, -0.15) is 0 Å². The predicted molar refractivity (Wildman–Crippen MR) is 42.8 cm³/mol. The topological polar surface area (TPSA) is 0 Å². The smallest absolute Gasteiger partial charge is 0.445 e. The van der Waals surface area contributed by atoms with Crippen LogP contribution in [0.5, 0.6) is 0 Å². The van der Waals surface area contributed by atoms with Crippen LogP contribution in [0, 0.1) is 11.6 Å². The van der Waals surface area contributed by atoms with Crippen molar-refractivity contribution in [3.8, 4) is 0 Å². The third kappa shape index (κ3) is 3.57. The maximum atomic E-state index is 12.6. The molecule has 0 saturated heterocycles. The fourth-order valence-electron chi connectivity index (χ4n) is 0.764. The third-order valence-electron chi connectivity index (χ3n) is 1.38. The van der Waals surface area contributed by atoms with Crippen molar-refractivity contribution in [2.24, 2.45) is 0 Å². The van der Waals surface area contributed by atoms with Crippen LogP contribution in [0.1, 0.15) is 0 Å². The van der Waals surface area contributed by atoms with E-state index in [2.05, 4.69) is 15.9 Å². The van der Waals surface area contributed by atoms with Crippen molar-refractivity contribution in [2.75, 3.05) is 0 Å². The monoisotopic (exact) mass is 298 g/mol. The van der Waals surface area contributed by atoms with E-state index in [-0.39, 0.29) is 63.5 Å². The second-order valence-electron chi connectivity index (χ2n) is 2.37. The van der Waals surface area contributed by atoms with Gasteiger partial charge in [-0.05, 0) is 15.9 Å². The molecule has 1 aromatic rings. The summed E-state index contributed by atoms with van der Waals surface area (Å²) in [4.78, 5) is 0. The Labute approximate surface area is 128 Å². The molecule has 1 aromatic carbocycles. The van der Waals surface area contributed by atoms with Crippen molar-refractivity contribution in [2.45, 2.75) is 0 Å². The fraction of sp³-hybridized carbons (Fsp3) is 0. The minimum absolute atomic E-state index is 0. The van der Waals surface area contributed by atoms with Crippen molar-refractivity contribution in [1.29, 1.82) is 0 Å². The molecule has 0 heterocycles. The standard InChI is InChI=1S/C6H2BBrF5.K/c8-6-4(9)1-3(2-5(6)10)7(11,12)13;/h1-2H;/q-1;+1. The molecule has 8 heteroatoms. The Kier molecular flexibility index (Phi) is 5.81. The van der Waals surface area contributed by atoms with Crippen LogP contribution in [0.4, 0.5) is 21.7 Å². The van der Waals surface area contributed by atoms with E-state index in [1.807, 2.05) is 0 Å². The summed E-state index contributed by atoms with van der Waals surface area (Å²) in [6, 6.07) is 0.514. The van der Waals surface area contributed by atoms with E-state index in [4.69, 9.17) is 0 Å². The molecule has 0 amide bonds. The molecule has 0 fully saturated rings. The van der Waals surface area contributed by atoms with Crippen LogP contribution in [-0.2, 0) is 0 Å². The first-order valence-corrected chi connectivity index (χ1v) is 3.96.